The number of ether oxygens (including phenoxy) is 2. The van der Waals surface area contributed by atoms with Crippen LogP contribution < -0.4 is 4.74 Å². The van der Waals surface area contributed by atoms with E-state index < -0.39 is 5.60 Å². The van der Waals surface area contributed by atoms with Crippen molar-refractivity contribution >= 4 is 12.3 Å². The van der Waals surface area contributed by atoms with Crippen molar-refractivity contribution in [3.63, 3.8) is 0 Å². The van der Waals surface area contributed by atoms with Gasteiger partial charge in [-0.15, -0.1) is 0 Å². The number of hydrogen-bond acceptors (Lipinski definition) is 5. The van der Waals surface area contributed by atoms with Crippen LogP contribution in [0.2, 0.25) is 0 Å². The van der Waals surface area contributed by atoms with Crippen molar-refractivity contribution < 1.29 is 19.1 Å². The van der Waals surface area contributed by atoms with Crippen LogP contribution in [-0.2, 0) is 9.53 Å². The Morgan fingerprint density at radius 3 is 2.62 bits per heavy atom. The summed E-state index contributed by atoms with van der Waals surface area (Å²) < 4.78 is 11.6. The zero-order valence-electron chi connectivity index (χ0n) is 16.5. The van der Waals surface area contributed by atoms with Crippen LogP contribution in [0, 0.1) is 5.92 Å². The fourth-order valence-corrected chi connectivity index (χ4v) is 3.45. The second kappa shape index (κ2) is 8.67. The maximum absolute atomic E-state index is 12.8. The first-order valence-corrected chi connectivity index (χ1v) is 9.38. The van der Waals surface area contributed by atoms with Crippen LogP contribution in [0.5, 0.6) is 5.75 Å². The van der Waals surface area contributed by atoms with Crippen LogP contribution in [0.1, 0.15) is 57.8 Å². The highest BCUT2D eigenvalue weighted by Gasteiger charge is 2.39. The van der Waals surface area contributed by atoms with E-state index >= 15 is 0 Å². The van der Waals surface area contributed by atoms with Crippen molar-refractivity contribution in [2.75, 3.05) is 13.2 Å². The van der Waals surface area contributed by atoms with Crippen LogP contribution in [0.15, 0.2) is 24.3 Å². The van der Waals surface area contributed by atoms with E-state index in [0.717, 1.165) is 25.7 Å². The third-order valence-corrected chi connectivity index (χ3v) is 4.54. The Morgan fingerprint density at radius 1 is 1.31 bits per heavy atom. The van der Waals surface area contributed by atoms with E-state index in [1.54, 1.807) is 12.1 Å². The highest BCUT2D eigenvalue weighted by Crippen LogP contribution is 2.27. The number of hydrogen-bond donors (Lipinski definition) is 0. The lowest BCUT2D eigenvalue weighted by Crippen LogP contribution is -2.50. The molecule has 26 heavy (non-hydrogen) atoms. The number of aldehydes is 1. The monoisotopic (exact) mass is 361 g/mol. The minimum Gasteiger partial charge on any atom is -0.491 e. The predicted octanol–water partition coefficient (Wildman–Crippen LogP) is 3.71. The molecule has 1 aromatic carbocycles. The molecule has 5 nitrogen and oxygen atoms in total. The second-order valence-corrected chi connectivity index (χ2v) is 8.22. The highest BCUT2D eigenvalue weighted by atomic mass is 16.6. The molecule has 0 saturated carbocycles. The van der Waals surface area contributed by atoms with Gasteiger partial charge in [-0.1, -0.05) is 26.0 Å². The smallest absolute Gasteiger partial charge is 0.324 e. The van der Waals surface area contributed by atoms with Crippen molar-refractivity contribution in [3.05, 3.63) is 29.8 Å². The molecule has 1 aromatic rings. The third kappa shape index (κ3) is 5.31. The van der Waals surface area contributed by atoms with E-state index in [9.17, 15) is 9.59 Å². The lowest BCUT2D eigenvalue weighted by Gasteiger charge is -2.35. The normalized spacial score (nSPS) is 19.4. The summed E-state index contributed by atoms with van der Waals surface area (Å²) in [6, 6.07) is 7.06. The number of carbonyl (C=O) groups is 2. The van der Waals surface area contributed by atoms with Gasteiger partial charge in [-0.3, -0.25) is 14.5 Å². The van der Waals surface area contributed by atoms with E-state index in [-0.39, 0.29) is 24.0 Å². The Labute approximate surface area is 156 Å². The molecule has 2 atom stereocenters. The van der Waals surface area contributed by atoms with Gasteiger partial charge >= 0.3 is 5.97 Å². The first-order valence-electron chi connectivity index (χ1n) is 9.38. The lowest BCUT2D eigenvalue weighted by molar-refractivity contribution is -0.164. The molecule has 0 bridgehead atoms. The van der Waals surface area contributed by atoms with Gasteiger partial charge in [0.15, 0.2) is 6.29 Å². The topological polar surface area (TPSA) is 55.8 Å². The molecule has 5 heteroatoms. The maximum Gasteiger partial charge on any atom is 0.324 e. The molecule has 0 aromatic heterocycles. The van der Waals surface area contributed by atoms with Gasteiger partial charge < -0.3 is 9.47 Å². The summed E-state index contributed by atoms with van der Waals surface area (Å²) in [5.74, 6) is 0.563. The molecule has 0 radical (unpaired) electrons. The van der Waals surface area contributed by atoms with E-state index in [1.165, 1.54) is 0 Å². The predicted molar refractivity (Wildman–Crippen MR) is 102 cm³/mol. The number of para-hydroxylation sites is 1. The zero-order valence-corrected chi connectivity index (χ0v) is 16.5. The van der Waals surface area contributed by atoms with Gasteiger partial charge in [0, 0.05) is 6.04 Å². The summed E-state index contributed by atoms with van der Waals surface area (Å²) in [6.07, 6.45) is 2.80. The summed E-state index contributed by atoms with van der Waals surface area (Å²) in [5.41, 5.74) is 0.0448. The number of likely N-dealkylation sites (tertiary alicyclic amines) is 1. The molecule has 0 N–H and O–H groups in total. The van der Waals surface area contributed by atoms with Crippen LogP contribution in [0.25, 0.3) is 0 Å². The molecule has 0 amide bonds. The molecule has 0 unspecified atom stereocenters. The molecular weight excluding hydrogens is 330 g/mol. The van der Waals surface area contributed by atoms with Gasteiger partial charge in [-0.05, 0) is 58.2 Å². The molecule has 0 spiro atoms. The van der Waals surface area contributed by atoms with Gasteiger partial charge in [0.25, 0.3) is 0 Å². The molecule has 1 aliphatic heterocycles. The quantitative estimate of drug-likeness (QED) is 0.547. The summed E-state index contributed by atoms with van der Waals surface area (Å²) in [7, 11) is 0. The van der Waals surface area contributed by atoms with Crippen molar-refractivity contribution in [1.82, 2.24) is 4.90 Å². The zero-order chi connectivity index (χ0) is 19.3. The van der Waals surface area contributed by atoms with Crippen LogP contribution in [0.4, 0.5) is 0 Å². The number of benzene rings is 1. The largest absolute Gasteiger partial charge is 0.491 e. The van der Waals surface area contributed by atoms with Crippen LogP contribution >= 0.6 is 0 Å². The van der Waals surface area contributed by atoms with Crippen molar-refractivity contribution in [3.8, 4) is 5.75 Å². The van der Waals surface area contributed by atoms with E-state index in [4.69, 9.17) is 9.47 Å². The van der Waals surface area contributed by atoms with Crippen molar-refractivity contribution in [1.29, 1.82) is 0 Å². The minimum absolute atomic E-state index is 0.134. The van der Waals surface area contributed by atoms with Gasteiger partial charge in [0.05, 0.1) is 5.56 Å². The Kier molecular flexibility index (Phi) is 6.81. The van der Waals surface area contributed by atoms with E-state index in [0.29, 0.717) is 17.9 Å². The molecule has 1 fully saturated rings. The third-order valence-electron chi connectivity index (χ3n) is 4.54. The van der Waals surface area contributed by atoms with Gasteiger partial charge in [-0.25, -0.2) is 0 Å². The van der Waals surface area contributed by atoms with Gasteiger partial charge in [0.2, 0.25) is 0 Å². The molecule has 1 heterocycles. The summed E-state index contributed by atoms with van der Waals surface area (Å²) in [5, 5.41) is 0. The van der Waals surface area contributed by atoms with Gasteiger partial charge in [0.1, 0.15) is 24.0 Å². The maximum atomic E-state index is 12.8. The average molecular weight is 361 g/mol. The Bertz CT molecular complexity index is 621. The fourth-order valence-electron chi connectivity index (χ4n) is 3.45. The molecular formula is C21H31NO4. The fraction of sp³-hybridized carbons (Fsp3) is 0.619. The summed E-state index contributed by atoms with van der Waals surface area (Å²) in [4.78, 5) is 26.1. The number of carbonyl (C=O) groups excluding carboxylic acids is 2. The number of rotatable bonds is 7. The molecule has 144 valence electrons. The minimum atomic E-state index is -0.501. The highest BCUT2D eigenvalue weighted by molar-refractivity contribution is 5.79. The Balaban J connectivity index is 2.09. The Morgan fingerprint density at radius 2 is 2.00 bits per heavy atom. The first kappa shape index (κ1) is 20.4. The second-order valence-electron chi connectivity index (χ2n) is 8.22. The van der Waals surface area contributed by atoms with Gasteiger partial charge in [-0.2, -0.15) is 0 Å². The molecule has 1 aliphatic rings. The molecule has 0 aliphatic carbocycles. The van der Waals surface area contributed by atoms with E-state index in [1.807, 2.05) is 46.8 Å². The Hall–Kier alpha value is -1.88. The molecule has 1 saturated heterocycles. The summed E-state index contributed by atoms with van der Waals surface area (Å²) in [6.45, 7) is 11.1. The standard InChI is InChI=1S/C21H31NO4/c1-15(2)19(20(24)26-21(3,4)5)22-12-8-10-17(22)14-25-18-11-7-6-9-16(18)13-23/h6-7,9,11,13,15,17,19H,8,10,12,14H2,1-5H3/t17-,19+/m1/s1. The molecule has 2 rings (SSSR count). The number of nitrogens with zero attached hydrogens (tertiary/aromatic N) is 1. The van der Waals surface area contributed by atoms with E-state index in [2.05, 4.69) is 4.90 Å². The van der Waals surface area contributed by atoms with Crippen molar-refractivity contribution in [2.24, 2.45) is 5.92 Å². The number of esters is 1. The summed E-state index contributed by atoms with van der Waals surface area (Å²) >= 11 is 0. The van der Waals surface area contributed by atoms with Crippen molar-refractivity contribution in [2.45, 2.75) is 65.1 Å². The van der Waals surface area contributed by atoms with Crippen LogP contribution in [-0.4, -0.2) is 48.0 Å². The SMILES string of the molecule is CC(C)[C@@H](C(=O)OC(C)(C)C)N1CCC[C@@H]1COc1ccccc1C=O. The average Bonchev–Trinajstić information content (AvgIpc) is 2.99. The van der Waals surface area contributed by atoms with Crippen LogP contribution in [0.3, 0.4) is 0 Å². The lowest BCUT2D eigenvalue weighted by atomic mass is 10.0. The first-order chi connectivity index (χ1) is 12.2.